The third-order valence-electron chi connectivity index (χ3n) is 3.12. The fraction of sp³-hybridized carbons (Fsp3) is 0.667. The van der Waals surface area contributed by atoms with Crippen molar-refractivity contribution in [2.24, 2.45) is 11.7 Å². The van der Waals surface area contributed by atoms with Crippen molar-refractivity contribution in [1.82, 2.24) is 14.9 Å². The SMILES string of the molecule is NC(CC(=O)NCCCn1ccnc1)C1CC1. The minimum absolute atomic E-state index is 0.0589. The van der Waals surface area contributed by atoms with Gasteiger partial charge in [-0.2, -0.15) is 0 Å². The van der Waals surface area contributed by atoms with E-state index in [4.69, 9.17) is 5.73 Å². The molecule has 1 atom stereocenters. The van der Waals surface area contributed by atoms with Gasteiger partial charge in [0, 0.05) is 37.9 Å². The molecule has 3 N–H and O–H groups in total. The Hall–Kier alpha value is -1.36. The Bertz CT molecular complexity index is 345. The lowest BCUT2D eigenvalue weighted by atomic mass is 10.1. The fourth-order valence-electron chi connectivity index (χ4n) is 1.89. The number of carbonyl (C=O) groups is 1. The molecule has 5 nitrogen and oxygen atoms in total. The van der Waals surface area contributed by atoms with Crippen LogP contribution in [0.5, 0.6) is 0 Å². The van der Waals surface area contributed by atoms with Gasteiger partial charge in [-0.1, -0.05) is 0 Å². The Labute approximate surface area is 101 Å². The van der Waals surface area contributed by atoms with E-state index in [1.807, 2.05) is 10.8 Å². The molecule has 1 amide bonds. The Morgan fingerprint density at radius 1 is 1.59 bits per heavy atom. The van der Waals surface area contributed by atoms with Crippen molar-refractivity contribution in [2.75, 3.05) is 6.54 Å². The highest BCUT2D eigenvalue weighted by Crippen LogP contribution is 2.32. The quantitative estimate of drug-likeness (QED) is 0.678. The molecule has 1 fully saturated rings. The minimum atomic E-state index is 0.0589. The highest BCUT2D eigenvalue weighted by atomic mass is 16.1. The van der Waals surface area contributed by atoms with E-state index in [9.17, 15) is 4.79 Å². The first-order valence-corrected chi connectivity index (χ1v) is 6.23. The van der Waals surface area contributed by atoms with Gasteiger partial charge in [0.25, 0.3) is 0 Å². The molecule has 0 radical (unpaired) electrons. The van der Waals surface area contributed by atoms with Crippen LogP contribution < -0.4 is 11.1 Å². The van der Waals surface area contributed by atoms with E-state index in [1.165, 1.54) is 12.8 Å². The van der Waals surface area contributed by atoms with E-state index in [0.29, 0.717) is 18.9 Å². The lowest BCUT2D eigenvalue weighted by Crippen LogP contribution is -2.33. The first kappa shape index (κ1) is 12.1. The largest absolute Gasteiger partial charge is 0.356 e. The lowest BCUT2D eigenvalue weighted by Gasteiger charge is -2.10. The van der Waals surface area contributed by atoms with Crippen molar-refractivity contribution in [3.8, 4) is 0 Å². The van der Waals surface area contributed by atoms with Crippen LogP contribution in [0.2, 0.25) is 0 Å². The Kier molecular flexibility index (Phi) is 4.14. The highest BCUT2D eigenvalue weighted by Gasteiger charge is 2.29. The van der Waals surface area contributed by atoms with Crippen molar-refractivity contribution >= 4 is 5.91 Å². The summed E-state index contributed by atoms with van der Waals surface area (Å²) in [5.41, 5.74) is 5.89. The zero-order valence-electron chi connectivity index (χ0n) is 10.0. The number of nitrogens with zero attached hydrogens (tertiary/aromatic N) is 2. The van der Waals surface area contributed by atoms with Gasteiger partial charge in [0.2, 0.25) is 5.91 Å². The molecule has 0 aliphatic heterocycles. The summed E-state index contributed by atoms with van der Waals surface area (Å²) in [7, 11) is 0. The van der Waals surface area contributed by atoms with E-state index in [2.05, 4.69) is 10.3 Å². The average Bonchev–Trinajstić information content (AvgIpc) is 3.03. The number of nitrogens with two attached hydrogens (primary N) is 1. The first-order valence-electron chi connectivity index (χ1n) is 6.23. The van der Waals surface area contributed by atoms with Crippen molar-refractivity contribution in [3.63, 3.8) is 0 Å². The van der Waals surface area contributed by atoms with E-state index < -0.39 is 0 Å². The van der Waals surface area contributed by atoms with Gasteiger partial charge >= 0.3 is 0 Å². The second kappa shape index (κ2) is 5.82. The van der Waals surface area contributed by atoms with E-state index >= 15 is 0 Å². The van der Waals surface area contributed by atoms with Crippen LogP contribution in [-0.4, -0.2) is 28.0 Å². The van der Waals surface area contributed by atoms with Crippen molar-refractivity contribution < 1.29 is 4.79 Å². The highest BCUT2D eigenvalue weighted by molar-refractivity contribution is 5.76. The van der Waals surface area contributed by atoms with Crippen LogP contribution >= 0.6 is 0 Å². The van der Waals surface area contributed by atoms with E-state index in [-0.39, 0.29) is 11.9 Å². The number of rotatable bonds is 7. The molecule has 1 aromatic rings. The summed E-state index contributed by atoms with van der Waals surface area (Å²) in [5.74, 6) is 0.668. The summed E-state index contributed by atoms with van der Waals surface area (Å²) in [6.07, 6.45) is 9.23. The number of aryl methyl sites for hydroxylation is 1. The molecule has 1 aromatic heterocycles. The molecule has 0 spiro atoms. The van der Waals surface area contributed by atoms with Gasteiger partial charge in [-0.3, -0.25) is 4.79 Å². The maximum atomic E-state index is 11.5. The fourth-order valence-corrected chi connectivity index (χ4v) is 1.89. The number of hydrogen-bond acceptors (Lipinski definition) is 3. The van der Waals surface area contributed by atoms with Gasteiger partial charge in [-0.15, -0.1) is 0 Å². The van der Waals surface area contributed by atoms with Gasteiger partial charge in [-0.05, 0) is 25.2 Å². The summed E-state index contributed by atoms with van der Waals surface area (Å²) < 4.78 is 2.00. The second-order valence-electron chi connectivity index (χ2n) is 4.71. The molecular formula is C12H20N4O. The summed E-state index contributed by atoms with van der Waals surface area (Å²) >= 11 is 0. The average molecular weight is 236 g/mol. The molecule has 0 bridgehead atoms. The molecular weight excluding hydrogens is 216 g/mol. The molecule has 2 rings (SSSR count). The minimum Gasteiger partial charge on any atom is -0.356 e. The second-order valence-corrected chi connectivity index (χ2v) is 4.71. The van der Waals surface area contributed by atoms with Gasteiger partial charge in [-0.25, -0.2) is 4.98 Å². The smallest absolute Gasteiger partial charge is 0.221 e. The Morgan fingerprint density at radius 2 is 2.41 bits per heavy atom. The van der Waals surface area contributed by atoms with Crippen molar-refractivity contribution in [2.45, 2.75) is 38.3 Å². The molecule has 5 heteroatoms. The van der Waals surface area contributed by atoms with Gasteiger partial charge in [0.1, 0.15) is 0 Å². The summed E-state index contributed by atoms with van der Waals surface area (Å²) in [5, 5.41) is 2.91. The molecule has 1 saturated carbocycles. The van der Waals surface area contributed by atoms with E-state index in [0.717, 1.165) is 13.0 Å². The molecule has 1 aliphatic carbocycles. The predicted octanol–water partition coefficient (Wildman–Crippen LogP) is 0.517. The van der Waals surface area contributed by atoms with E-state index in [1.54, 1.807) is 12.5 Å². The van der Waals surface area contributed by atoms with Crippen LogP contribution in [0, 0.1) is 5.92 Å². The van der Waals surface area contributed by atoms with Crippen molar-refractivity contribution in [1.29, 1.82) is 0 Å². The molecule has 1 aliphatic rings. The predicted molar refractivity (Wildman–Crippen MR) is 65.2 cm³/mol. The van der Waals surface area contributed by atoms with Crippen molar-refractivity contribution in [3.05, 3.63) is 18.7 Å². The Balaban J connectivity index is 1.53. The third kappa shape index (κ3) is 4.19. The molecule has 94 valence electrons. The number of aromatic nitrogens is 2. The molecule has 1 unspecified atom stereocenters. The Morgan fingerprint density at radius 3 is 3.06 bits per heavy atom. The van der Waals surface area contributed by atoms with Gasteiger partial charge < -0.3 is 15.6 Å². The van der Waals surface area contributed by atoms with Crippen LogP contribution in [0.3, 0.4) is 0 Å². The van der Waals surface area contributed by atoms with Crippen LogP contribution in [-0.2, 0) is 11.3 Å². The molecule has 0 aromatic carbocycles. The van der Waals surface area contributed by atoms with Crippen LogP contribution in [0.15, 0.2) is 18.7 Å². The van der Waals surface area contributed by atoms with Gasteiger partial charge in [0.05, 0.1) is 6.33 Å². The van der Waals surface area contributed by atoms with Gasteiger partial charge in [0.15, 0.2) is 0 Å². The summed E-state index contributed by atoms with van der Waals surface area (Å²) in [6.45, 7) is 1.59. The number of hydrogen-bond donors (Lipinski definition) is 2. The summed E-state index contributed by atoms with van der Waals surface area (Å²) in [4.78, 5) is 15.5. The lowest BCUT2D eigenvalue weighted by molar-refractivity contribution is -0.121. The van der Waals surface area contributed by atoms with Crippen LogP contribution in [0.25, 0.3) is 0 Å². The maximum Gasteiger partial charge on any atom is 0.221 e. The first-order chi connectivity index (χ1) is 8.25. The molecule has 0 saturated heterocycles. The third-order valence-corrected chi connectivity index (χ3v) is 3.12. The standard InChI is InChI=1S/C12H20N4O/c13-11(10-2-3-10)8-12(17)15-4-1-6-16-7-5-14-9-16/h5,7,9-11H,1-4,6,8,13H2,(H,15,17). The monoisotopic (exact) mass is 236 g/mol. The number of carbonyl (C=O) groups excluding carboxylic acids is 1. The normalized spacial score (nSPS) is 16.8. The van der Waals surface area contributed by atoms with Crippen LogP contribution in [0.1, 0.15) is 25.7 Å². The zero-order valence-corrected chi connectivity index (χ0v) is 10.0. The number of amides is 1. The molecule has 17 heavy (non-hydrogen) atoms. The number of imidazole rings is 1. The summed E-state index contributed by atoms with van der Waals surface area (Å²) in [6, 6.07) is 0.0589. The maximum absolute atomic E-state index is 11.5. The number of nitrogens with one attached hydrogen (secondary N) is 1. The van der Waals surface area contributed by atoms with Crippen LogP contribution in [0.4, 0.5) is 0 Å². The molecule has 1 heterocycles. The zero-order chi connectivity index (χ0) is 12.1. The topological polar surface area (TPSA) is 72.9 Å².